The number of rotatable bonds is 4. The van der Waals surface area contributed by atoms with Gasteiger partial charge in [-0.15, -0.1) is 6.58 Å². The third-order valence-corrected chi connectivity index (χ3v) is 5.60. The summed E-state index contributed by atoms with van der Waals surface area (Å²) in [5.41, 5.74) is 2.82. The molecule has 0 aliphatic rings. The predicted octanol–water partition coefficient (Wildman–Crippen LogP) is 4.91. The highest BCUT2D eigenvalue weighted by molar-refractivity contribution is 6.83. The first-order valence-corrected chi connectivity index (χ1v) is 9.33. The Hall–Kier alpha value is -1.08. The van der Waals surface area contributed by atoms with Crippen LogP contribution in [0.15, 0.2) is 48.2 Å². The molecule has 0 heterocycles. The van der Waals surface area contributed by atoms with E-state index >= 15 is 0 Å². The fourth-order valence-electron chi connectivity index (χ4n) is 1.72. The molecule has 1 aromatic carbocycles. The average Bonchev–Trinajstić information content (AvgIpc) is 2.25. The molecule has 0 aliphatic carbocycles. The molecule has 0 unspecified atom stereocenters. The zero-order valence-electron chi connectivity index (χ0n) is 10.9. The van der Waals surface area contributed by atoms with E-state index in [1.54, 1.807) is 5.20 Å². The second-order valence-corrected chi connectivity index (χ2v) is 10.5. The van der Waals surface area contributed by atoms with Crippen LogP contribution in [0.25, 0.3) is 5.57 Å². The Kier molecular flexibility index (Phi) is 4.31. The summed E-state index contributed by atoms with van der Waals surface area (Å²) in [6, 6.07) is 10.7. The van der Waals surface area contributed by atoms with Crippen molar-refractivity contribution in [2.45, 2.75) is 33.0 Å². The molecule has 0 radical (unpaired) electrons. The van der Waals surface area contributed by atoms with Crippen LogP contribution in [0.1, 0.15) is 18.9 Å². The quantitative estimate of drug-likeness (QED) is 0.509. The molecule has 0 bridgehead atoms. The van der Waals surface area contributed by atoms with E-state index in [1.807, 2.05) is 6.08 Å². The second-order valence-electron chi connectivity index (χ2n) is 5.21. The first kappa shape index (κ1) is 13.0. The Morgan fingerprint density at radius 1 is 1.19 bits per heavy atom. The summed E-state index contributed by atoms with van der Waals surface area (Å²) in [4.78, 5) is 0. The lowest BCUT2D eigenvalue weighted by molar-refractivity contribution is 1.35. The molecule has 16 heavy (non-hydrogen) atoms. The van der Waals surface area contributed by atoms with Gasteiger partial charge in [0.25, 0.3) is 0 Å². The van der Waals surface area contributed by atoms with E-state index in [2.05, 4.69) is 63.5 Å². The van der Waals surface area contributed by atoms with Crippen molar-refractivity contribution in [3.8, 4) is 0 Å². The summed E-state index contributed by atoms with van der Waals surface area (Å²) < 4.78 is 0. The monoisotopic (exact) mass is 230 g/mol. The number of allylic oxidation sites excluding steroid dienone is 3. The molecular weight excluding hydrogens is 208 g/mol. The van der Waals surface area contributed by atoms with Gasteiger partial charge in [-0.1, -0.05) is 61.2 Å². The molecule has 1 rings (SSSR count). The largest absolute Gasteiger partial charge is 0.103 e. The summed E-state index contributed by atoms with van der Waals surface area (Å²) in [6.45, 7) is 13.4. The molecule has 0 fully saturated rings. The van der Waals surface area contributed by atoms with Crippen molar-refractivity contribution >= 4 is 13.6 Å². The molecule has 1 heteroatoms. The van der Waals surface area contributed by atoms with Gasteiger partial charge in [0.15, 0.2) is 0 Å². The average molecular weight is 230 g/mol. The first-order valence-electron chi connectivity index (χ1n) is 5.83. The lowest BCUT2D eigenvalue weighted by Gasteiger charge is -2.22. The Bertz CT molecular complexity index is 380. The van der Waals surface area contributed by atoms with E-state index < -0.39 is 8.07 Å². The summed E-state index contributed by atoms with van der Waals surface area (Å²) in [7, 11) is -1.21. The minimum absolute atomic E-state index is 0.972. The molecule has 86 valence electrons. The third-order valence-electron chi connectivity index (χ3n) is 3.05. The zero-order chi connectivity index (χ0) is 12.2. The second kappa shape index (κ2) is 5.31. The van der Waals surface area contributed by atoms with Crippen LogP contribution in [-0.4, -0.2) is 8.07 Å². The van der Waals surface area contributed by atoms with Crippen molar-refractivity contribution in [1.29, 1.82) is 0 Å². The van der Waals surface area contributed by atoms with Gasteiger partial charge < -0.3 is 0 Å². The Morgan fingerprint density at radius 3 is 2.19 bits per heavy atom. The van der Waals surface area contributed by atoms with Gasteiger partial charge in [-0.25, -0.2) is 0 Å². The van der Waals surface area contributed by atoms with Crippen LogP contribution in [0.2, 0.25) is 19.6 Å². The molecule has 0 aliphatic heterocycles. The molecule has 0 saturated carbocycles. The van der Waals surface area contributed by atoms with Gasteiger partial charge in [-0.2, -0.15) is 0 Å². The summed E-state index contributed by atoms with van der Waals surface area (Å²) in [6.07, 6.45) is 2.98. The smallest absolute Gasteiger partial charge is 0.0724 e. The van der Waals surface area contributed by atoms with Crippen molar-refractivity contribution in [2.24, 2.45) is 0 Å². The predicted molar refractivity (Wildman–Crippen MR) is 77.2 cm³/mol. The molecule has 0 saturated heterocycles. The van der Waals surface area contributed by atoms with Crippen LogP contribution < -0.4 is 0 Å². The van der Waals surface area contributed by atoms with Gasteiger partial charge in [0, 0.05) is 0 Å². The Morgan fingerprint density at radius 2 is 1.75 bits per heavy atom. The number of hydrogen-bond donors (Lipinski definition) is 0. The van der Waals surface area contributed by atoms with Crippen molar-refractivity contribution < 1.29 is 0 Å². The minimum Gasteiger partial charge on any atom is -0.103 e. The number of hydrogen-bond acceptors (Lipinski definition) is 0. The fraction of sp³-hybridized carbons (Fsp3) is 0.333. The minimum atomic E-state index is -1.21. The maximum absolute atomic E-state index is 3.87. The van der Waals surface area contributed by atoms with E-state index in [0.717, 1.165) is 6.42 Å². The van der Waals surface area contributed by atoms with Gasteiger partial charge >= 0.3 is 0 Å². The summed E-state index contributed by atoms with van der Waals surface area (Å²) in [5, 5.41) is 1.58. The van der Waals surface area contributed by atoms with Gasteiger partial charge in [-0.05, 0) is 24.5 Å². The highest BCUT2D eigenvalue weighted by atomic mass is 28.3. The highest BCUT2D eigenvalue weighted by Crippen LogP contribution is 2.28. The van der Waals surface area contributed by atoms with Crippen LogP contribution in [0.5, 0.6) is 0 Å². The van der Waals surface area contributed by atoms with Crippen LogP contribution in [0.3, 0.4) is 0 Å². The lowest BCUT2D eigenvalue weighted by Crippen LogP contribution is -2.23. The van der Waals surface area contributed by atoms with Gasteiger partial charge in [-0.3, -0.25) is 0 Å². The van der Waals surface area contributed by atoms with Gasteiger partial charge in [0.05, 0.1) is 8.07 Å². The molecule has 0 atom stereocenters. The Balaban J connectivity index is 3.24. The molecule has 0 nitrogen and oxygen atoms in total. The SMILES string of the molecule is C=CC/C(=C(\C)[Si](C)(C)C)c1ccccc1. The molecule has 0 aromatic heterocycles. The standard InChI is InChI=1S/C15H22Si/c1-6-10-15(13(2)16(3,4)5)14-11-8-7-9-12-14/h6-9,11-12H,1,10H2,2-5H3/b15-13-. The van der Waals surface area contributed by atoms with Crippen LogP contribution in [0, 0.1) is 0 Å². The maximum atomic E-state index is 3.87. The van der Waals surface area contributed by atoms with Crippen LogP contribution in [-0.2, 0) is 0 Å². The van der Waals surface area contributed by atoms with E-state index in [-0.39, 0.29) is 0 Å². The molecule has 0 amide bonds. The van der Waals surface area contributed by atoms with Gasteiger partial charge in [0.2, 0.25) is 0 Å². The molecule has 1 aromatic rings. The van der Waals surface area contributed by atoms with Crippen LogP contribution >= 0.6 is 0 Å². The molecule has 0 N–H and O–H groups in total. The fourth-order valence-corrected chi connectivity index (χ4v) is 2.88. The van der Waals surface area contributed by atoms with E-state index in [1.165, 1.54) is 11.1 Å². The number of benzene rings is 1. The first-order chi connectivity index (χ1) is 7.46. The molecule has 0 spiro atoms. The molecular formula is C15H22Si. The highest BCUT2D eigenvalue weighted by Gasteiger charge is 2.19. The summed E-state index contributed by atoms with van der Waals surface area (Å²) >= 11 is 0. The van der Waals surface area contributed by atoms with Crippen molar-refractivity contribution in [2.75, 3.05) is 0 Å². The van der Waals surface area contributed by atoms with Gasteiger partial charge in [0.1, 0.15) is 0 Å². The normalized spacial score (nSPS) is 13.2. The van der Waals surface area contributed by atoms with Crippen LogP contribution in [0.4, 0.5) is 0 Å². The van der Waals surface area contributed by atoms with E-state index in [9.17, 15) is 0 Å². The zero-order valence-corrected chi connectivity index (χ0v) is 11.9. The third kappa shape index (κ3) is 3.21. The van der Waals surface area contributed by atoms with Crippen molar-refractivity contribution in [3.63, 3.8) is 0 Å². The lowest BCUT2D eigenvalue weighted by atomic mass is 10.0. The summed E-state index contributed by atoms with van der Waals surface area (Å²) in [5.74, 6) is 0. The van der Waals surface area contributed by atoms with Crippen molar-refractivity contribution in [3.05, 3.63) is 53.7 Å². The maximum Gasteiger partial charge on any atom is 0.0724 e. The van der Waals surface area contributed by atoms with E-state index in [4.69, 9.17) is 0 Å². The van der Waals surface area contributed by atoms with Crippen molar-refractivity contribution in [1.82, 2.24) is 0 Å². The Labute approximate surface area is 101 Å². The van der Waals surface area contributed by atoms with E-state index in [0.29, 0.717) is 0 Å². The topological polar surface area (TPSA) is 0 Å².